The molecule has 3 heterocycles. The number of methoxy groups -OCH3 is 1. The van der Waals surface area contributed by atoms with Crippen LogP contribution in [0.3, 0.4) is 0 Å². The summed E-state index contributed by atoms with van der Waals surface area (Å²) in [5.41, 5.74) is 3.53. The Hall–Kier alpha value is -3.84. The van der Waals surface area contributed by atoms with Crippen LogP contribution in [0.5, 0.6) is 11.5 Å². The molecule has 0 spiro atoms. The van der Waals surface area contributed by atoms with Gasteiger partial charge in [0.25, 0.3) is 5.91 Å². The number of benzene rings is 3. The van der Waals surface area contributed by atoms with Gasteiger partial charge in [0.2, 0.25) is 0 Å². The van der Waals surface area contributed by atoms with E-state index in [1.807, 2.05) is 25.0 Å². The molecule has 36 heavy (non-hydrogen) atoms. The Balaban J connectivity index is 0.00000130. The minimum Gasteiger partial charge on any atom is -0.493 e. The normalized spacial score (nSPS) is 16.4. The van der Waals surface area contributed by atoms with E-state index < -0.39 is 0 Å². The molecule has 1 aromatic heterocycles. The van der Waals surface area contributed by atoms with Crippen LogP contribution in [0.1, 0.15) is 37.0 Å². The van der Waals surface area contributed by atoms with E-state index in [9.17, 15) is 4.79 Å². The molecular formula is C29H32N4O3. The summed E-state index contributed by atoms with van der Waals surface area (Å²) >= 11 is 0. The van der Waals surface area contributed by atoms with Crippen molar-refractivity contribution in [3.63, 3.8) is 0 Å². The molecule has 186 valence electrons. The van der Waals surface area contributed by atoms with Gasteiger partial charge in [-0.1, -0.05) is 50.2 Å². The van der Waals surface area contributed by atoms with Crippen molar-refractivity contribution in [1.29, 1.82) is 0 Å². The van der Waals surface area contributed by atoms with Crippen molar-refractivity contribution in [2.75, 3.05) is 20.4 Å². The summed E-state index contributed by atoms with van der Waals surface area (Å²) in [4.78, 5) is 19.5. The number of carbonyl (C=O) groups is 1. The fraction of sp³-hybridized carbons (Fsp3) is 0.310. The number of hydrogen-bond acceptors (Lipinski definition) is 5. The van der Waals surface area contributed by atoms with Gasteiger partial charge in [-0.3, -0.25) is 15.1 Å². The summed E-state index contributed by atoms with van der Waals surface area (Å²) < 4.78 is 13.8. The number of carbonyl (C=O) groups excluding carboxylic acids is 1. The number of rotatable bonds is 6. The summed E-state index contributed by atoms with van der Waals surface area (Å²) in [7, 11) is 1.59. The standard InChI is InChI=1S/C27H26N4O3.C2H6/c1-33-25-13-21-22(29-15-18-7-6-12-30(18)27(21)32)14-26(25)34-17-28-16-31-23-10-4-2-8-19(23)20-9-3-5-11-24(20)31;1-2/h2-5,8-11,13-15,18,28H,6-7,12,16-17H2,1H3;1-2H3. The Bertz CT molecular complexity index is 1370. The topological polar surface area (TPSA) is 68.1 Å². The van der Waals surface area contributed by atoms with Crippen LogP contribution in [-0.4, -0.2) is 48.0 Å². The zero-order valence-corrected chi connectivity index (χ0v) is 21.0. The van der Waals surface area contributed by atoms with Crippen LogP contribution in [0.15, 0.2) is 65.7 Å². The highest BCUT2D eigenvalue weighted by molar-refractivity contribution is 6.08. The van der Waals surface area contributed by atoms with Crippen LogP contribution < -0.4 is 14.8 Å². The zero-order valence-electron chi connectivity index (χ0n) is 21.0. The molecule has 1 N–H and O–H groups in total. The second-order valence-electron chi connectivity index (χ2n) is 8.67. The number of amides is 1. The van der Waals surface area contributed by atoms with E-state index in [4.69, 9.17) is 9.47 Å². The van der Waals surface area contributed by atoms with Gasteiger partial charge in [0.1, 0.15) is 6.73 Å². The van der Waals surface area contributed by atoms with Gasteiger partial charge < -0.3 is 18.9 Å². The van der Waals surface area contributed by atoms with Gasteiger partial charge in [0, 0.05) is 29.6 Å². The lowest BCUT2D eigenvalue weighted by atomic mass is 10.1. The van der Waals surface area contributed by atoms with E-state index in [1.54, 1.807) is 19.2 Å². The predicted octanol–water partition coefficient (Wildman–Crippen LogP) is 5.73. The van der Waals surface area contributed by atoms with Gasteiger partial charge in [-0.05, 0) is 31.0 Å². The molecule has 3 aromatic carbocycles. The van der Waals surface area contributed by atoms with Crippen molar-refractivity contribution in [2.24, 2.45) is 4.99 Å². The lowest BCUT2D eigenvalue weighted by Gasteiger charge is -2.20. The number of aliphatic imine (C=N–C) groups is 1. The van der Waals surface area contributed by atoms with Crippen LogP contribution in [0.4, 0.5) is 5.69 Å². The fourth-order valence-electron chi connectivity index (χ4n) is 5.08. The van der Waals surface area contributed by atoms with Gasteiger partial charge >= 0.3 is 0 Å². The number of aromatic nitrogens is 1. The monoisotopic (exact) mass is 484 g/mol. The van der Waals surface area contributed by atoms with E-state index in [0.717, 1.165) is 19.4 Å². The average molecular weight is 485 g/mol. The first-order valence-corrected chi connectivity index (χ1v) is 12.6. The molecule has 1 unspecified atom stereocenters. The number of hydrogen-bond donors (Lipinski definition) is 1. The van der Waals surface area contributed by atoms with E-state index in [2.05, 4.69) is 63.4 Å². The maximum atomic E-state index is 13.0. The second-order valence-corrected chi connectivity index (χ2v) is 8.67. The van der Waals surface area contributed by atoms with Crippen LogP contribution in [0.2, 0.25) is 0 Å². The molecule has 2 aliphatic heterocycles. The first kappa shape index (κ1) is 23.9. The first-order valence-electron chi connectivity index (χ1n) is 12.6. The third-order valence-corrected chi connectivity index (χ3v) is 6.74. The highest BCUT2D eigenvalue weighted by Gasteiger charge is 2.32. The van der Waals surface area contributed by atoms with Crippen molar-refractivity contribution in [1.82, 2.24) is 14.8 Å². The van der Waals surface area contributed by atoms with Gasteiger partial charge in [-0.25, -0.2) is 0 Å². The fourth-order valence-corrected chi connectivity index (χ4v) is 5.08. The first-order chi connectivity index (χ1) is 17.7. The highest BCUT2D eigenvalue weighted by atomic mass is 16.5. The van der Waals surface area contributed by atoms with Crippen LogP contribution in [-0.2, 0) is 6.67 Å². The molecule has 7 nitrogen and oxygen atoms in total. The number of ether oxygens (including phenoxy) is 2. The summed E-state index contributed by atoms with van der Waals surface area (Å²) in [5, 5.41) is 5.84. The van der Waals surface area contributed by atoms with E-state index in [-0.39, 0.29) is 18.7 Å². The molecule has 1 atom stereocenters. The number of nitrogens with one attached hydrogen (secondary N) is 1. The van der Waals surface area contributed by atoms with Crippen molar-refractivity contribution in [3.8, 4) is 11.5 Å². The van der Waals surface area contributed by atoms with Crippen LogP contribution >= 0.6 is 0 Å². The molecule has 0 radical (unpaired) electrons. The molecule has 1 saturated heterocycles. The Labute approximate surface area is 211 Å². The molecule has 6 rings (SSSR count). The summed E-state index contributed by atoms with van der Waals surface area (Å²) in [5.74, 6) is 1.09. The third-order valence-electron chi connectivity index (χ3n) is 6.74. The summed E-state index contributed by atoms with van der Waals surface area (Å²) in [6, 6.07) is 20.4. The van der Waals surface area contributed by atoms with Crippen molar-refractivity contribution >= 4 is 39.6 Å². The lowest BCUT2D eigenvalue weighted by molar-refractivity contribution is 0.0774. The summed E-state index contributed by atoms with van der Waals surface area (Å²) in [6.45, 7) is 5.64. The maximum Gasteiger partial charge on any atom is 0.256 e. The Kier molecular flexibility index (Phi) is 6.91. The third kappa shape index (κ3) is 4.20. The average Bonchev–Trinajstić information content (AvgIpc) is 3.50. The molecule has 7 heteroatoms. The van der Waals surface area contributed by atoms with Crippen molar-refractivity contribution < 1.29 is 14.3 Å². The second kappa shape index (κ2) is 10.4. The predicted molar refractivity (Wildman–Crippen MR) is 145 cm³/mol. The minimum absolute atomic E-state index is 0.00402. The van der Waals surface area contributed by atoms with Crippen LogP contribution in [0, 0.1) is 0 Å². The van der Waals surface area contributed by atoms with Gasteiger partial charge in [0.15, 0.2) is 11.5 Å². The Morgan fingerprint density at radius 2 is 1.69 bits per heavy atom. The SMILES string of the molecule is CC.COc1cc2c(cc1OCNCn1c3ccccc3c3ccccc31)N=CC1CCCN1C2=O. The molecule has 1 amide bonds. The molecule has 2 aliphatic rings. The molecule has 0 bridgehead atoms. The molecule has 1 fully saturated rings. The smallest absolute Gasteiger partial charge is 0.256 e. The van der Waals surface area contributed by atoms with E-state index in [0.29, 0.717) is 29.4 Å². The molecular weight excluding hydrogens is 452 g/mol. The van der Waals surface area contributed by atoms with Crippen molar-refractivity contribution in [2.45, 2.75) is 39.4 Å². The van der Waals surface area contributed by atoms with E-state index >= 15 is 0 Å². The van der Waals surface area contributed by atoms with Crippen LogP contribution in [0.25, 0.3) is 21.8 Å². The quantitative estimate of drug-likeness (QED) is 0.280. The maximum absolute atomic E-state index is 13.0. The molecule has 0 aliphatic carbocycles. The largest absolute Gasteiger partial charge is 0.493 e. The summed E-state index contributed by atoms with van der Waals surface area (Å²) in [6.07, 6.45) is 3.84. The van der Waals surface area contributed by atoms with Gasteiger partial charge in [-0.15, -0.1) is 0 Å². The minimum atomic E-state index is 0.00402. The van der Waals surface area contributed by atoms with E-state index in [1.165, 1.54) is 21.8 Å². The highest BCUT2D eigenvalue weighted by Crippen LogP contribution is 2.38. The Morgan fingerprint density at radius 3 is 2.39 bits per heavy atom. The van der Waals surface area contributed by atoms with Crippen molar-refractivity contribution in [3.05, 3.63) is 66.2 Å². The Morgan fingerprint density at radius 1 is 1.00 bits per heavy atom. The van der Waals surface area contributed by atoms with Gasteiger partial charge in [-0.2, -0.15) is 0 Å². The van der Waals surface area contributed by atoms with Gasteiger partial charge in [0.05, 0.1) is 42.1 Å². The number of fused-ring (bicyclic) bond motifs is 5. The number of nitrogens with zero attached hydrogens (tertiary/aromatic N) is 3. The molecule has 4 aromatic rings. The number of para-hydroxylation sites is 2. The zero-order chi connectivity index (χ0) is 25.1. The lowest BCUT2D eigenvalue weighted by Crippen LogP contribution is -2.35. The molecule has 0 saturated carbocycles.